The second-order valence-electron chi connectivity index (χ2n) is 5.74. The summed E-state index contributed by atoms with van der Waals surface area (Å²) in [5, 5.41) is 7.41. The molecular weight excluding hydrogens is 256 g/mol. The molecule has 0 spiro atoms. The summed E-state index contributed by atoms with van der Waals surface area (Å²) in [4.78, 5) is 14.1. The highest BCUT2D eigenvalue weighted by atomic mass is 32.1. The normalized spacial score (nSPS) is 23.5. The quantitative estimate of drug-likeness (QED) is 0.899. The summed E-state index contributed by atoms with van der Waals surface area (Å²) >= 11 is 1.70. The molecule has 19 heavy (non-hydrogen) atoms. The minimum Gasteiger partial charge on any atom is -0.352 e. The molecule has 1 aromatic rings. The average molecular weight is 280 g/mol. The molecular formula is C15H24N2OS. The Morgan fingerprint density at radius 2 is 2.26 bits per heavy atom. The fourth-order valence-electron chi connectivity index (χ4n) is 2.78. The van der Waals surface area contributed by atoms with E-state index in [1.165, 1.54) is 24.8 Å². The van der Waals surface area contributed by atoms with Crippen LogP contribution in [0.3, 0.4) is 0 Å². The zero-order chi connectivity index (χ0) is 13.7. The van der Waals surface area contributed by atoms with Crippen molar-refractivity contribution >= 4 is 17.2 Å². The van der Waals surface area contributed by atoms with Crippen LogP contribution < -0.4 is 5.32 Å². The lowest BCUT2D eigenvalue weighted by Crippen LogP contribution is -2.44. The molecule has 3 nitrogen and oxygen atoms in total. The number of amides is 1. The lowest BCUT2D eigenvalue weighted by Gasteiger charge is -2.30. The summed E-state index contributed by atoms with van der Waals surface area (Å²) < 4.78 is 0. The highest BCUT2D eigenvalue weighted by molar-refractivity contribution is 7.07. The van der Waals surface area contributed by atoms with E-state index in [1.807, 2.05) is 7.05 Å². The van der Waals surface area contributed by atoms with Crippen molar-refractivity contribution in [3.05, 3.63) is 22.4 Å². The molecule has 0 aromatic carbocycles. The molecule has 1 heterocycles. The first-order valence-electron chi connectivity index (χ1n) is 7.14. The van der Waals surface area contributed by atoms with Gasteiger partial charge in [0.2, 0.25) is 5.91 Å². The van der Waals surface area contributed by atoms with E-state index in [2.05, 4.69) is 34.0 Å². The molecule has 4 heteroatoms. The van der Waals surface area contributed by atoms with Crippen molar-refractivity contribution in [2.24, 2.45) is 5.92 Å². The Bertz CT molecular complexity index is 391. The van der Waals surface area contributed by atoms with Gasteiger partial charge in [0.1, 0.15) is 0 Å². The Morgan fingerprint density at radius 3 is 2.95 bits per heavy atom. The Balaban J connectivity index is 1.74. The molecule has 0 saturated heterocycles. The van der Waals surface area contributed by atoms with Crippen LogP contribution >= 0.6 is 11.3 Å². The maximum atomic E-state index is 12.0. The smallest absolute Gasteiger partial charge is 0.234 e. The molecule has 1 aliphatic carbocycles. The molecule has 106 valence electrons. The van der Waals surface area contributed by atoms with Crippen molar-refractivity contribution in [2.45, 2.75) is 45.2 Å². The van der Waals surface area contributed by atoms with Gasteiger partial charge in [-0.25, -0.2) is 0 Å². The average Bonchev–Trinajstić information content (AvgIpc) is 2.84. The van der Waals surface area contributed by atoms with Crippen LogP contribution in [0.15, 0.2) is 16.8 Å². The summed E-state index contributed by atoms with van der Waals surface area (Å²) in [6.45, 7) is 3.58. The van der Waals surface area contributed by atoms with E-state index in [0.29, 0.717) is 18.5 Å². The highest BCUT2D eigenvalue weighted by Gasteiger charge is 2.22. The number of carbonyl (C=O) groups is 1. The number of rotatable bonds is 5. The van der Waals surface area contributed by atoms with E-state index in [9.17, 15) is 4.79 Å². The number of hydrogen-bond donors (Lipinski definition) is 1. The van der Waals surface area contributed by atoms with Crippen molar-refractivity contribution < 1.29 is 4.79 Å². The lowest BCUT2D eigenvalue weighted by atomic mass is 9.86. The lowest BCUT2D eigenvalue weighted by molar-refractivity contribution is -0.123. The first-order valence-corrected chi connectivity index (χ1v) is 8.08. The maximum Gasteiger partial charge on any atom is 0.234 e. The van der Waals surface area contributed by atoms with Gasteiger partial charge in [0, 0.05) is 12.6 Å². The summed E-state index contributed by atoms with van der Waals surface area (Å²) in [6.07, 6.45) is 4.95. The summed E-state index contributed by atoms with van der Waals surface area (Å²) in [7, 11) is 2.00. The van der Waals surface area contributed by atoms with Crippen molar-refractivity contribution in [2.75, 3.05) is 13.6 Å². The topological polar surface area (TPSA) is 32.3 Å². The molecule has 0 unspecified atom stereocenters. The summed E-state index contributed by atoms with van der Waals surface area (Å²) in [5.41, 5.74) is 1.28. The zero-order valence-electron chi connectivity index (χ0n) is 11.9. The Hall–Kier alpha value is -0.870. The summed E-state index contributed by atoms with van der Waals surface area (Å²) in [6, 6.07) is 2.50. The zero-order valence-corrected chi connectivity index (χ0v) is 12.7. The Kier molecular flexibility index (Phi) is 5.40. The molecule has 0 radical (unpaired) electrons. The minimum absolute atomic E-state index is 0.163. The van der Waals surface area contributed by atoms with Crippen molar-refractivity contribution in [3.8, 4) is 0 Å². The number of likely N-dealkylation sites (N-methyl/N-ethyl adjacent to an activating group) is 1. The van der Waals surface area contributed by atoms with E-state index in [4.69, 9.17) is 0 Å². The Labute approximate surface area is 120 Å². The first kappa shape index (κ1) is 14.5. The second kappa shape index (κ2) is 7.06. The van der Waals surface area contributed by atoms with Crippen molar-refractivity contribution in [1.29, 1.82) is 0 Å². The van der Waals surface area contributed by atoms with Crippen LogP contribution in [0.5, 0.6) is 0 Å². The van der Waals surface area contributed by atoms with Gasteiger partial charge in [-0.1, -0.05) is 19.8 Å². The molecule has 2 atom stereocenters. The number of nitrogens with one attached hydrogen (secondary N) is 1. The van der Waals surface area contributed by atoms with Crippen LogP contribution in [0.1, 0.15) is 38.2 Å². The number of carbonyl (C=O) groups excluding carboxylic acids is 1. The molecule has 1 fully saturated rings. The molecule has 1 saturated carbocycles. The van der Waals surface area contributed by atoms with Crippen LogP contribution in [-0.4, -0.2) is 30.4 Å². The van der Waals surface area contributed by atoms with E-state index >= 15 is 0 Å². The highest BCUT2D eigenvalue weighted by Crippen LogP contribution is 2.23. The first-order chi connectivity index (χ1) is 9.15. The largest absolute Gasteiger partial charge is 0.352 e. The van der Waals surface area contributed by atoms with Crippen LogP contribution in [0, 0.1) is 5.92 Å². The van der Waals surface area contributed by atoms with E-state index in [-0.39, 0.29) is 5.91 Å². The molecule has 2 rings (SSSR count). The van der Waals surface area contributed by atoms with Crippen molar-refractivity contribution in [1.82, 2.24) is 10.2 Å². The van der Waals surface area contributed by atoms with Crippen LogP contribution in [-0.2, 0) is 11.3 Å². The third-order valence-electron chi connectivity index (χ3n) is 3.90. The molecule has 0 aliphatic heterocycles. The molecule has 1 amide bonds. The number of hydrogen-bond acceptors (Lipinski definition) is 3. The van der Waals surface area contributed by atoms with Gasteiger partial charge < -0.3 is 5.32 Å². The van der Waals surface area contributed by atoms with Gasteiger partial charge in [-0.15, -0.1) is 0 Å². The molecule has 1 N–H and O–H groups in total. The van der Waals surface area contributed by atoms with Gasteiger partial charge >= 0.3 is 0 Å². The van der Waals surface area contributed by atoms with E-state index in [0.717, 1.165) is 13.0 Å². The number of thiophene rings is 1. The van der Waals surface area contributed by atoms with Crippen LogP contribution in [0.25, 0.3) is 0 Å². The van der Waals surface area contributed by atoms with Gasteiger partial charge in [-0.3, -0.25) is 9.69 Å². The van der Waals surface area contributed by atoms with E-state index < -0.39 is 0 Å². The second-order valence-corrected chi connectivity index (χ2v) is 6.52. The maximum absolute atomic E-state index is 12.0. The summed E-state index contributed by atoms with van der Waals surface area (Å²) in [5.74, 6) is 0.788. The third kappa shape index (κ3) is 4.62. The monoisotopic (exact) mass is 280 g/mol. The van der Waals surface area contributed by atoms with Crippen LogP contribution in [0.2, 0.25) is 0 Å². The molecule has 1 aromatic heterocycles. The van der Waals surface area contributed by atoms with E-state index in [1.54, 1.807) is 11.3 Å². The van der Waals surface area contributed by atoms with Gasteiger partial charge in [-0.05, 0) is 48.2 Å². The van der Waals surface area contributed by atoms with Gasteiger partial charge in [0.15, 0.2) is 0 Å². The van der Waals surface area contributed by atoms with Gasteiger partial charge in [0.25, 0.3) is 0 Å². The standard InChI is InChI=1S/C15H24N2OS/c1-12-5-3-4-6-14(12)16-15(18)10-17(2)9-13-7-8-19-11-13/h7-8,11-12,14H,3-6,9-10H2,1-2H3,(H,16,18)/t12-,14+/m1/s1. The predicted molar refractivity (Wildman–Crippen MR) is 80.2 cm³/mol. The minimum atomic E-state index is 0.163. The SMILES string of the molecule is C[C@@H]1CCCC[C@@H]1NC(=O)CN(C)Cc1ccsc1. The van der Waals surface area contributed by atoms with Gasteiger partial charge in [0.05, 0.1) is 6.54 Å². The molecule has 1 aliphatic rings. The molecule has 0 bridgehead atoms. The fraction of sp³-hybridized carbons (Fsp3) is 0.667. The van der Waals surface area contributed by atoms with Crippen LogP contribution in [0.4, 0.5) is 0 Å². The number of nitrogens with zero attached hydrogens (tertiary/aromatic N) is 1. The van der Waals surface area contributed by atoms with Crippen molar-refractivity contribution in [3.63, 3.8) is 0 Å². The van der Waals surface area contributed by atoms with Gasteiger partial charge in [-0.2, -0.15) is 11.3 Å². The third-order valence-corrected chi connectivity index (χ3v) is 4.64. The fourth-order valence-corrected chi connectivity index (χ4v) is 3.44. The predicted octanol–water partition coefficient (Wildman–Crippen LogP) is 2.87. The Morgan fingerprint density at radius 1 is 1.47 bits per heavy atom.